The van der Waals surface area contributed by atoms with Crippen LogP contribution in [-0.2, 0) is 9.53 Å². The molecule has 0 amide bonds. The van der Waals surface area contributed by atoms with Gasteiger partial charge in [0, 0.05) is 6.92 Å². The van der Waals surface area contributed by atoms with Gasteiger partial charge in [-0.05, 0) is 50.0 Å². The number of rotatable bonds is 2. The van der Waals surface area contributed by atoms with E-state index in [1.807, 2.05) is 13.8 Å². The van der Waals surface area contributed by atoms with E-state index >= 15 is 0 Å². The van der Waals surface area contributed by atoms with Crippen LogP contribution in [0.2, 0.25) is 0 Å². The molecule has 19 heavy (non-hydrogen) atoms. The van der Waals surface area contributed by atoms with Gasteiger partial charge in [-0.1, -0.05) is 38.0 Å². The molecular formula is C17H26O2. The van der Waals surface area contributed by atoms with Crippen molar-refractivity contribution in [3.8, 4) is 0 Å². The van der Waals surface area contributed by atoms with Gasteiger partial charge in [-0.2, -0.15) is 0 Å². The molecule has 0 aromatic carbocycles. The van der Waals surface area contributed by atoms with E-state index < -0.39 is 5.60 Å². The van der Waals surface area contributed by atoms with Gasteiger partial charge in [0.15, 0.2) is 0 Å². The Balaban J connectivity index is 2.29. The summed E-state index contributed by atoms with van der Waals surface area (Å²) in [6.45, 7) is 10.1. The number of carbonyl (C=O) groups is 1. The van der Waals surface area contributed by atoms with Crippen LogP contribution in [0.5, 0.6) is 0 Å². The normalized spacial score (nSPS) is 31.1. The van der Waals surface area contributed by atoms with E-state index in [1.165, 1.54) is 26.2 Å². The molecule has 0 saturated heterocycles. The Hall–Kier alpha value is -1.05. The molecule has 0 radical (unpaired) electrons. The zero-order valence-corrected chi connectivity index (χ0v) is 12.9. The van der Waals surface area contributed by atoms with Crippen LogP contribution in [0.25, 0.3) is 0 Å². The minimum Gasteiger partial charge on any atom is -0.455 e. The first kappa shape index (κ1) is 14.4. The minimum atomic E-state index is -0.517. The number of allylic oxidation sites excluding steroid dienone is 2. The van der Waals surface area contributed by atoms with E-state index in [9.17, 15) is 4.79 Å². The number of fused-ring (bicyclic) bond motifs is 1. The van der Waals surface area contributed by atoms with Crippen LogP contribution in [0.1, 0.15) is 60.3 Å². The van der Waals surface area contributed by atoms with Crippen LogP contribution in [0.3, 0.4) is 0 Å². The van der Waals surface area contributed by atoms with Crippen molar-refractivity contribution in [2.45, 2.75) is 65.9 Å². The molecule has 2 heteroatoms. The summed E-state index contributed by atoms with van der Waals surface area (Å²) >= 11 is 0. The highest BCUT2D eigenvalue weighted by Crippen LogP contribution is 2.50. The molecule has 1 saturated carbocycles. The predicted molar refractivity (Wildman–Crippen MR) is 77.8 cm³/mol. The standard InChI is InChI=1S/C17H26O2/c1-12-7-6-9-17(5)10-8-14(11-15(12)17)16(3,4)19-13(2)18/h8,11-12H,6-7,9-10H2,1-5H3/t12-,17-/m1/s1. The van der Waals surface area contributed by atoms with Crippen molar-refractivity contribution in [2.24, 2.45) is 11.3 Å². The van der Waals surface area contributed by atoms with Crippen molar-refractivity contribution in [3.05, 3.63) is 23.3 Å². The molecule has 2 rings (SSSR count). The maximum absolute atomic E-state index is 11.2. The molecule has 2 aliphatic rings. The van der Waals surface area contributed by atoms with Gasteiger partial charge in [-0.15, -0.1) is 0 Å². The molecule has 0 aromatic rings. The Morgan fingerprint density at radius 3 is 2.79 bits per heavy atom. The fourth-order valence-corrected chi connectivity index (χ4v) is 3.63. The van der Waals surface area contributed by atoms with Crippen molar-refractivity contribution in [1.29, 1.82) is 0 Å². The minimum absolute atomic E-state index is 0.214. The van der Waals surface area contributed by atoms with Gasteiger partial charge in [0.25, 0.3) is 0 Å². The smallest absolute Gasteiger partial charge is 0.303 e. The maximum Gasteiger partial charge on any atom is 0.303 e. The van der Waals surface area contributed by atoms with Crippen molar-refractivity contribution < 1.29 is 9.53 Å². The van der Waals surface area contributed by atoms with E-state index in [4.69, 9.17) is 4.74 Å². The molecule has 0 aliphatic heterocycles. The molecule has 0 bridgehead atoms. The maximum atomic E-state index is 11.2. The van der Waals surface area contributed by atoms with Gasteiger partial charge in [0.1, 0.15) is 5.60 Å². The first-order valence-electron chi connectivity index (χ1n) is 7.37. The predicted octanol–water partition coefficient (Wildman–Crippen LogP) is 4.41. The third kappa shape index (κ3) is 2.77. The molecular weight excluding hydrogens is 236 g/mol. The van der Waals surface area contributed by atoms with Gasteiger partial charge >= 0.3 is 5.97 Å². The van der Waals surface area contributed by atoms with E-state index in [0.717, 1.165) is 12.0 Å². The fraction of sp³-hybridized carbons (Fsp3) is 0.706. The molecule has 2 nitrogen and oxygen atoms in total. The number of ether oxygens (including phenoxy) is 1. The third-order valence-corrected chi connectivity index (χ3v) is 4.77. The monoisotopic (exact) mass is 262 g/mol. The summed E-state index contributed by atoms with van der Waals surface area (Å²) in [7, 11) is 0. The van der Waals surface area contributed by atoms with Crippen LogP contribution in [-0.4, -0.2) is 11.6 Å². The van der Waals surface area contributed by atoms with E-state index in [2.05, 4.69) is 26.0 Å². The van der Waals surface area contributed by atoms with Gasteiger partial charge < -0.3 is 4.74 Å². The van der Waals surface area contributed by atoms with Crippen molar-refractivity contribution in [1.82, 2.24) is 0 Å². The third-order valence-electron chi connectivity index (χ3n) is 4.77. The number of hydrogen-bond donors (Lipinski definition) is 0. The van der Waals surface area contributed by atoms with E-state index in [0.29, 0.717) is 11.3 Å². The van der Waals surface area contributed by atoms with Crippen LogP contribution in [0, 0.1) is 11.3 Å². The highest BCUT2D eigenvalue weighted by atomic mass is 16.6. The molecule has 2 aliphatic carbocycles. The molecule has 106 valence electrons. The molecule has 1 fully saturated rings. The largest absolute Gasteiger partial charge is 0.455 e. The van der Waals surface area contributed by atoms with Crippen molar-refractivity contribution >= 4 is 5.97 Å². The average Bonchev–Trinajstić information content (AvgIpc) is 2.26. The van der Waals surface area contributed by atoms with E-state index in [1.54, 1.807) is 5.57 Å². The van der Waals surface area contributed by atoms with Crippen molar-refractivity contribution in [2.75, 3.05) is 0 Å². The lowest BCUT2D eigenvalue weighted by Gasteiger charge is -2.43. The summed E-state index contributed by atoms with van der Waals surface area (Å²) in [4.78, 5) is 11.2. The summed E-state index contributed by atoms with van der Waals surface area (Å²) in [6, 6.07) is 0. The zero-order valence-electron chi connectivity index (χ0n) is 12.9. The molecule has 0 aromatic heterocycles. The molecule has 2 atom stereocenters. The summed E-state index contributed by atoms with van der Waals surface area (Å²) in [5.41, 5.74) is 2.52. The average molecular weight is 262 g/mol. The molecule has 0 spiro atoms. The Morgan fingerprint density at radius 1 is 1.47 bits per heavy atom. The van der Waals surface area contributed by atoms with Crippen LogP contribution in [0.4, 0.5) is 0 Å². The zero-order chi connectivity index (χ0) is 14.3. The second kappa shape index (κ2) is 4.81. The van der Waals surface area contributed by atoms with E-state index in [-0.39, 0.29) is 5.97 Å². The summed E-state index contributed by atoms with van der Waals surface area (Å²) in [5, 5.41) is 0. The van der Waals surface area contributed by atoms with Gasteiger partial charge in [-0.3, -0.25) is 4.79 Å². The lowest BCUT2D eigenvalue weighted by atomic mass is 9.62. The lowest BCUT2D eigenvalue weighted by molar-refractivity contribution is -0.150. The summed E-state index contributed by atoms with van der Waals surface area (Å²) in [5.74, 6) is 0.435. The first-order valence-corrected chi connectivity index (χ1v) is 7.37. The van der Waals surface area contributed by atoms with Gasteiger partial charge in [-0.25, -0.2) is 0 Å². The second-order valence-corrected chi connectivity index (χ2v) is 6.92. The lowest BCUT2D eigenvalue weighted by Crippen LogP contribution is -2.35. The van der Waals surface area contributed by atoms with Crippen LogP contribution in [0.15, 0.2) is 23.3 Å². The van der Waals surface area contributed by atoms with Gasteiger partial charge in [0.2, 0.25) is 0 Å². The summed E-state index contributed by atoms with van der Waals surface area (Å²) < 4.78 is 5.47. The van der Waals surface area contributed by atoms with Crippen LogP contribution < -0.4 is 0 Å². The Kier molecular flexibility index (Phi) is 3.63. The molecule has 0 unspecified atom stereocenters. The molecule has 0 N–H and O–H groups in total. The fourth-order valence-electron chi connectivity index (χ4n) is 3.63. The number of hydrogen-bond acceptors (Lipinski definition) is 2. The number of carbonyl (C=O) groups excluding carboxylic acids is 1. The molecule has 0 heterocycles. The SMILES string of the molecule is CC(=O)OC(C)(C)C1=CC[C@@]2(C)CCC[C@@H](C)C2=C1. The second-order valence-electron chi connectivity index (χ2n) is 6.92. The van der Waals surface area contributed by atoms with Gasteiger partial charge in [0.05, 0.1) is 0 Å². The quantitative estimate of drug-likeness (QED) is 0.689. The number of esters is 1. The Bertz CT molecular complexity index is 442. The van der Waals surface area contributed by atoms with Crippen molar-refractivity contribution in [3.63, 3.8) is 0 Å². The first-order chi connectivity index (χ1) is 8.74. The van der Waals surface area contributed by atoms with Crippen LogP contribution >= 0.6 is 0 Å². The Morgan fingerprint density at radius 2 is 2.16 bits per heavy atom. The summed E-state index contributed by atoms with van der Waals surface area (Å²) in [6.07, 6.45) is 9.53. The topological polar surface area (TPSA) is 26.3 Å². The highest BCUT2D eigenvalue weighted by Gasteiger charge is 2.39. The Labute approximate surface area is 116 Å². The highest BCUT2D eigenvalue weighted by molar-refractivity contribution is 5.67.